The van der Waals surface area contributed by atoms with Crippen molar-refractivity contribution in [1.82, 2.24) is 35.8 Å². The number of nitrogens with two attached hydrogens (primary N) is 1. The third-order valence-electron chi connectivity index (χ3n) is 6.18. The molecule has 4 heterocycles. The molecule has 3 unspecified atom stereocenters. The molecule has 14 nitrogen and oxygen atoms in total. The molecule has 4 atom stereocenters. The normalized spacial score (nSPS) is 24.1. The van der Waals surface area contributed by atoms with E-state index < -0.39 is 34.0 Å². The van der Waals surface area contributed by atoms with Gasteiger partial charge in [-0.05, 0) is 23.8 Å². The number of pyridine rings is 1. The number of anilines is 1. The number of aromatic nitrogens is 5. The fourth-order valence-corrected chi connectivity index (χ4v) is 6.69. The summed E-state index contributed by atoms with van der Waals surface area (Å²) in [6, 6.07) is 3.95. The number of nitrogens with one attached hydrogen (secondary N) is 2. The third-order valence-corrected chi connectivity index (χ3v) is 8.92. The number of β-lactam (4-membered cyclic amide) rings is 1. The second-order valence-electron chi connectivity index (χ2n) is 8.61. The molecule has 2 aliphatic rings. The number of hydrogen-bond donors (Lipinski definition) is 4. The Morgan fingerprint density at radius 2 is 2.30 bits per heavy atom. The summed E-state index contributed by atoms with van der Waals surface area (Å²) in [5, 5.41) is 29.9. The number of carbonyl (C=O) groups is 3. The lowest BCUT2D eigenvalue weighted by atomic mass is 9.84. The lowest BCUT2D eigenvalue weighted by Gasteiger charge is -2.54. The van der Waals surface area contributed by atoms with Crippen LogP contribution in [-0.4, -0.2) is 94.7 Å². The van der Waals surface area contributed by atoms with Crippen LogP contribution in [-0.2, 0) is 19.2 Å². The van der Waals surface area contributed by atoms with Gasteiger partial charge in [-0.2, -0.15) is 5.21 Å². The zero-order chi connectivity index (χ0) is 26.6. The molecule has 4 rings (SSSR count). The summed E-state index contributed by atoms with van der Waals surface area (Å²) >= 11 is 2.48. The maximum atomic E-state index is 13.2. The van der Waals surface area contributed by atoms with Crippen molar-refractivity contribution in [1.29, 1.82) is 0 Å². The Hall–Kier alpha value is -3.40. The van der Waals surface area contributed by atoms with Gasteiger partial charge in [0.05, 0.1) is 0 Å². The molecule has 0 aliphatic carbocycles. The molecule has 0 radical (unpaired) electrons. The summed E-state index contributed by atoms with van der Waals surface area (Å²) in [4.78, 5) is 49.5. The number of hydrogen-bond acceptors (Lipinski definition) is 12. The van der Waals surface area contributed by atoms with Gasteiger partial charge in [0.15, 0.2) is 5.71 Å². The quantitative estimate of drug-likeness (QED) is 0.0986. The van der Waals surface area contributed by atoms with Crippen molar-refractivity contribution in [2.75, 3.05) is 24.6 Å². The maximum absolute atomic E-state index is 13.2. The van der Waals surface area contributed by atoms with E-state index in [-0.39, 0.29) is 35.4 Å². The number of carboxylic acid groups (broad SMARTS) is 1. The molecule has 0 aromatic carbocycles. The number of aromatic amines is 1. The van der Waals surface area contributed by atoms with Crippen molar-refractivity contribution < 1.29 is 24.3 Å². The van der Waals surface area contributed by atoms with Gasteiger partial charge in [0, 0.05) is 17.5 Å². The number of amides is 2. The zero-order valence-corrected chi connectivity index (χ0v) is 21.8. The van der Waals surface area contributed by atoms with Crippen LogP contribution in [0.25, 0.3) is 0 Å². The molecule has 198 valence electrons. The number of carboxylic acids is 1. The molecule has 2 aliphatic heterocycles. The summed E-state index contributed by atoms with van der Waals surface area (Å²) in [7, 11) is 0. The van der Waals surface area contributed by atoms with E-state index in [1.165, 1.54) is 28.4 Å². The first-order valence-electron chi connectivity index (χ1n) is 11.6. The van der Waals surface area contributed by atoms with E-state index in [2.05, 4.69) is 36.1 Å². The molecule has 0 saturated carbocycles. The highest BCUT2D eigenvalue weighted by Crippen LogP contribution is 2.47. The molecule has 2 amide bonds. The molecular formula is C21H27N9O5S2. The summed E-state index contributed by atoms with van der Waals surface area (Å²) in [5.74, 6) is -1.59. The summed E-state index contributed by atoms with van der Waals surface area (Å²) < 4.78 is 0. The van der Waals surface area contributed by atoms with Gasteiger partial charge in [0.2, 0.25) is 11.1 Å². The van der Waals surface area contributed by atoms with Crippen molar-refractivity contribution >= 4 is 52.8 Å². The maximum Gasteiger partial charge on any atom is 0.313 e. The molecule has 0 spiro atoms. The van der Waals surface area contributed by atoms with Crippen molar-refractivity contribution in [2.45, 2.75) is 48.5 Å². The topological polar surface area (TPSA) is 202 Å². The number of oxime groups is 1. The van der Waals surface area contributed by atoms with Crippen LogP contribution in [0.5, 0.6) is 0 Å². The van der Waals surface area contributed by atoms with Crippen molar-refractivity contribution in [3.05, 3.63) is 23.9 Å². The molecule has 37 heavy (non-hydrogen) atoms. The smallest absolute Gasteiger partial charge is 0.313 e. The standard InChI is InChI=1S/C21H27N9O5S2/c1-3-4-8-35-27-14(12-6-5-7-13(22)23-12)16(31)24-15-17(32)30-9-21(19(33)34,10-36-18(15)30)11(2)37-20-25-28-29-26-20/h5-7,11,15,18H,3-4,8-10H2,1-2H3,(H2,22,23)(H,24,31)(H,33,34)(H,25,26,28,29)/t11?,15?,18-,21?/m1/s1. The van der Waals surface area contributed by atoms with E-state index in [9.17, 15) is 19.5 Å². The van der Waals surface area contributed by atoms with Crippen molar-refractivity contribution in [3.63, 3.8) is 0 Å². The minimum Gasteiger partial charge on any atom is -0.481 e. The van der Waals surface area contributed by atoms with E-state index in [1.54, 1.807) is 25.1 Å². The number of H-pyrrole nitrogens is 1. The second kappa shape index (κ2) is 11.3. The van der Waals surface area contributed by atoms with Gasteiger partial charge in [-0.25, -0.2) is 4.98 Å². The molecule has 5 N–H and O–H groups in total. The SMILES string of the molecule is CCCCON=C(C(=O)NC1C(=O)N2CC(C(=O)O)(C(C)Sc3nn[nH]n3)CS[C@H]12)c1cccc(N)n1. The Balaban J connectivity index is 1.46. The Labute approximate surface area is 220 Å². The van der Waals surface area contributed by atoms with E-state index >= 15 is 0 Å². The second-order valence-corrected chi connectivity index (χ2v) is 11.0. The van der Waals surface area contributed by atoms with Crippen LogP contribution in [0.15, 0.2) is 28.5 Å². The zero-order valence-electron chi connectivity index (χ0n) is 20.2. The number of rotatable bonds is 11. The highest BCUT2D eigenvalue weighted by Gasteiger charge is 2.59. The van der Waals surface area contributed by atoms with Gasteiger partial charge in [-0.1, -0.05) is 43.3 Å². The van der Waals surface area contributed by atoms with Crippen LogP contribution in [0, 0.1) is 5.41 Å². The minimum atomic E-state index is -1.23. The Kier molecular flexibility index (Phi) is 8.16. The number of aliphatic carboxylic acids is 1. The molecule has 0 bridgehead atoms. The van der Waals surface area contributed by atoms with Crippen LogP contribution < -0.4 is 11.1 Å². The third kappa shape index (κ3) is 5.49. The molecule has 2 saturated heterocycles. The average molecular weight is 550 g/mol. The van der Waals surface area contributed by atoms with Gasteiger partial charge < -0.3 is 25.9 Å². The Morgan fingerprint density at radius 3 is 2.97 bits per heavy atom. The fourth-order valence-electron chi connectivity index (χ4n) is 3.93. The van der Waals surface area contributed by atoms with Gasteiger partial charge >= 0.3 is 5.97 Å². The number of nitrogens with zero attached hydrogens (tertiary/aromatic N) is 6. The summed E-state index contributed by atoms with van der Waals surface area (Å²) in [6.07, 6.45) is 1.65. The Morgan fingerprint density at radius 1 is 1.49 bits per heavy atom. The van der Waals surface area contributed by atoms with Gasteiger partial charge in [-0.3, -0.25) is 14.4 Å². The van der Waals surface area contributed by atoms with Crippen molar-refractivity contribution in [2.24, 2.45) is 10.6 Å². The summed E-state index contributed by atoms with van der Waals surface area (Å²) in [5.41, 5.74) is 4.66. The highest BCUT2D eigenvalue weighted by molar-refractivity contribution is 8.01. The fraction of sp³-hybridized carbons (Fsp3) is 0.524. The van der Waals surface area contributed by atoms with Crippen LogP contribution in [0.1, 0.15) is 32.4 Å². The predicted octanol–water partition coefficient (Wildman–Crippen LogP) is 0.349. The van der Waals surface area contributed by atoms with Gasteiger partial charge in [0.25, 0.3) is 5.91 Å². The van der Waals surface area contributed by atoms with Gasteiger partial charge in [0.1, 0.15) is 34.9 Å². The lowest BCUT2D eigenvalue weighted by molar-refractivity contribution is -0.158. The largest absolute Gasteiger partial charge is 0.481 e. The first kappa shape index (κ1) is 26.7. The van der Waals surface area contributed by atoms with E-state index in [0.29, 0.717) is 11.8 Å². The van der Waals surface area contributed by atoms with Crippen molar-refractivity contribution in [3.8, 4) is 0 Å². The van der Waals surface area contributed by atoms with E-state index in [4.69, 9.17) is 10.6 Å². The number of tetrazole rings is 1. The van der Waals surface area contributed by atoms with Crippen LogP contribution in [0.3, 0.4) is 0 Å². The molecule has 16 heteroatoms. The first-order chi connectivity index (χ1) is 17.8. The van der Waals surface area contributed by atoms with Crippen LogP contribution in [0.2, 0.25) is 0 Å². The predicted molar refractivity (Wildman–Crippen MR) is 136 cm³/mol. The highest BCUT2D eigenvalue weighted by atomic mass is 32.2. The van der Waals surface area contributed by atoms with Crippen LogP contribution >= 0.6 is 23.5 Å². The number of carbonyl (C=O) groups excluding carboxylic acids is 2. The minimum absolute atomic E-state index is 0.00489. The lowest BCUT2D eigenvalue weighted by Crippen LogP contribution is -2.74. The van der Waals surface area contributed by atoms with Crippen LogP contribution in [0.4, 0.5) is 5.82 Å². The van der Waals surface area contributed by atoms with E-state index in [0.717, 1.165) is 12.8 Å². The molecule has 2 aromatic rings. The Bertz CT molecular complexity index is 1180. The first-order valence-corrected chi connectivity index (χ1v) is 13.5. The number of nitrogen functional groups attached to an aromatic ring is 1. The number of fused-ring (bicyclic) bond motifs is 1. The molecular weight excluding hydrogens is 522 g/mol. The molecule has 2 aromatic heterocycles. The average Bonchev–Trinajstić information content (AvgIpc) is 3.39. The monoisotopic (exact) mass is 549 g/mol. The summed E-state index contributed by atoms with van der Waals surface area (Å²) in [6.45, 7) is 4.08. The molecule has 2 fully saturated rings. The van der Waals surface area contributed by atoms with Gasteiger partial charge in [-0.15, -0.1) is 22.0 Å². The van der Waals surface area contributed by atoms with E-state index in [1.807, 2.05) is 6.92 Å². The number of thioether (sulfide) groups is 2. The number of unbranched alkanes of at least 4 members (excludes halogenated alkanes) is 1.